The average Bonchev–Trinajstić information content (AvgIpc) is 2.65. The van der Waals surface area contributed by atoms with Crippen LogP contribution in [0.1, 0.15) is 11.1 Å². The van der Waals surface area contributed by atoms with Gasteiger partial charge in [-0.2, -0.15) is 0 Å². The SMILES string of the molecule is COc1c[c]c(CCc2ccc3ccccc3c2)c(OC)c1OC. The molecule has 0 unspecified atom stereocenters. The summed E-state index contributed by atoms with van der Waals surface area (Å²) in [7, 11) is 4.87. The zero-order valence-corrected chi connectivity index (χ0v) is 14.3. The van der Waals surface area contributed by atoms with Crippen molar-refractivity contribution < 1.29 is 14.2 Å². The van der Waals surface area contributed by atoms with E-state index in [2.05, 4.69) is 48.5 Å². The molecule has 0 saturated heterocycles. The monoisotopic (exact) mass is 321 g/mol. The van der Waals surface area contributed by atoms with E-state index in [9.17, 15) is 0 Å². The maximum Gasteiger partial charge on any atom is 0.203 e. The van der Waals surface area contributed by atoms with Gasteiger partial charge in [-0.15, -0.1) is 0 Å². The smallest absolute Gasteiger partial charge is 0.203 e. The van der Waals surface area contributed by atoms with Crippen molar-refractivity contribution in [2.45, 2.75) is 12.8 Å². The number of methoxy groups -OCH3 is 3. The Morgan fingerprint density at radius 2 is 1.54 bits per heavy atom. The van der Waals surface area contributed by atoms with Crippen LogP contribution in [0.25, 0.3) is 10.8 Å². The molecule has 0 bridgehead atoms. The average molecular weight is 321 g/mol. The summed E-state index contributed by atoms with van der Waals surface area (Å²) < 4.78 is 16.3. The first-order valence-electron chi connectivity index (χ1n) is 7.94. The standard InChI is InChI=1S/C21H21O3/c1-22-19-13-12-17(20(23-2)21(19)24-3)11-9-15-8-10-16-6-4-5-7-18(16)14-15/h4-8,10,13-14H,9,11H2,1-3H3. The fourth-order valence-corrected chi connectivity index (χ4v) is 2.94. The topological polar surface area (TPSA) is 27.7 Å². The van der Waals surface area contributed by atoms with E-state index in [4.69, 9.17) is 14.2 Å². The van der Waals surface area contributed by atoms with E-state index in [1.807, 2.05) is 0 Å². The molecule has 3 aromatic rings. The lowest BCUT2D eigenvalue weighted by Gasteiger charge is -2.15. The summed E-state index contributed by atoms with van der Waals surface area (Å²) in [4.78, 5) is 0. The van der Waals surface area contributed by atoms with E-state index in [0.29, 0.717) is 17.2 Å². The molecule has 0 heterocycles. The number of hydrogen-bond donors (Lipinski definition) is 0. The van der Waals surface area contributed by atoms with Gasteiger partial charge in [-0.05, 0) is 41.3 Å². The Balaban J connectivity index is 1.85. The molecule has 3 rings (SSSR count). The van der Waals surface area contributed by atoms with Crippen LogP contribution in [0.3, 0.4) is 0 Å². The number of aryl methyl sites for hydroxylation is 2. The second-order valence-electron chi connectivity index (χ2n) is 5.58. The van der Waals surface area contributed by atoms with Crippen LogP contribution in [0.4, 0.5) is 0 Å². The van der Waals surface area contributed by atoms with Crippen molar-refractivity contribution >= 4 is 10.8 Å². The van der Waals surface area contributed by atoms with Crippen molar-refractivity contribution in [3.05, 3.63) is 65.7 Å². The fraction of sp³-hybridized carbons (Fsp3) is 0.238. The number of benzene rings is 3. The highest BCUT2D eigenvalue weighted by molar-refractivity contribution is 5.83. The van der Waals surface area contributed by atoms with Crippen molar-refractivity contribution in [1.82, 2.24) is 0 Å². The van der Waals surface area contributed by atoms with Crippen molar-refractivity contribution in [2.24, 2.45) is 0 Å². The third kappa shape index (κ3) is 3.16. The molecule has 0 spiro atoms. The molecule has 0 amide bonds. The van der Waals surface area contributed by atoms with E-state index >= 15 is 0 Å². The molecule has 1 radical (unpaired) electrons. The number of fused-ring (bicyclic) bond motifs is 1. The highest BCUT2D eigenvalue weighted by Crippen LogP contribution is 2.39. The first-order chi connectivity index (χ1) is 11.8. The van der Waals surface area contributed by atoms with Gasteiger partial charge in [0.1, 0.15) is 0 Å². The second-order valence-corrected chi connectivity index (χ2v) is 5.58. The first kappa shape index (κ1) is 16.2. The summed E-state index contributed by atoms with van der Waals surface area (Å²) in [6.07, 6.45) is 1.73. The van der Waals surface area contributed by atoms with Crippen molar-refractivity contribution in [3.8, 4) is 17.2 Å². The minimum absolute atomic E-state index is 0.618. The minimum Gasteiger partial charge on any atom is -0.493 e. The number of rotatable bonds is 6. The number of hydrogen-bond acceptors (Lipinski definition) is 3. The maximum atomic E-state index is 5.53. The summed E-state index contributed by atoms with van der Waals surface area (Å²) in [6, 6.07) is 20.0. The summed E-state index contributed by atoms with van der Waals surface area (Å²) in [5, 5.41) is 2.52. The lowest BCUT2D eigenvalue weighted by Crippen LogP contribution is -2.00. The van der Waals surface area contributed by atoms with Crippen LogP contribution in [0.2, 0.25) is 0 Å². The Morgan fingerprint density at radius 1 is 0.792 bits per heavy atom. The van der Waals surface area contributed by atoms with Crippen LogP contribution >= 0.6 is 0 Å². The van der Waals surface area contributed by atoms with Gasteiger partial charge in [-0.3, -0.25) is 0 Å². The Hall–Kier alpha value is -2.68. The Labute approximate surface area is 142 Å². The van der Waals surface area contributed by atoms with E-state index in [1.54, 1.807) is 27.4 Å². The molecular formula is C21H21O3. The van der Waals surface area contributed by atoms with Crippen molar-refractivity contribution in [2.75, 3.05) is 21.3 Å². The fourth-order valence-electron chi connectivity index (χ4n) is 2.94. The van der Waals surface area contributed by atoms with Gasteiger partial charge >= 0.3 is 0 Å². The molecule has 0 aliphatic rings. The molecule has 0 N–H and O–H groups in total. The Bertz CT molecular complexity index is 840. The molecule has 3 aromatic carbocycles. The summed E-state index contributed by atoms with van der Waals surface area (Å²) >= 11 is 0. The van der Waals surface area contributed by atoms with Crippen LogP contribution in [0.5, 0.6) is 17.2 Å². The zero-order valence-electron chi connectivity index (χ0n) is 14.3. The van der Waals surface area contributed by atoms with Crippen LogP contribution in [-0.2, 0) is 12.8 Å². The van der Waals surface area contributed by atoms with Crippen molar-refractivity contribution in [3.63, 3.8) is 0 Å². The van der Waals surface area contributed by atoms with Gasteiger partial charge in [-0.1, -0.05) is 42.5 Å². The van der Waals surface area contributed by atoms with E-state index in [-0.39, 0.29) is 0 Å². The molecule has 0 aliphatic heterocycles. The van der Waals surface area contributed by atoms with Gasteiger partial charge in [0, 0.05) is 5.56 Å². The van der Waals surface area contributed by atoms with Crippen LogP contribution in [-0.4, -0.2) is 21.3 Å². The van der Waals surface area contributed by atoms with E-state index < -0.39 is 0 Å². The van der Waals surface area contributed by atoms with Gasteiger partial charge in [0.2, 0.25) is 5.75 Å². The van der Waals surface area contributed by atoms with E-state index in [0.717, 1.165) is 18.4 Å². The third-order valence-corrected chi connectivity index (χ3v) is 4.19. The van der Waals surface area contributed by atoms with Gasteiger partial charge in [-0.25, -0.2) is 0 Å². The first-order valence-corrected chi connectivity index (χ1v) is 7.94. The lowest BCUT2D eigenvalue weighted by atomic mass is 10.0. The molecule has 0 aliphatic carbocycles. The zero-order chi connectivity index (χ0) is 16.9. The molecule has 0 saturated carbocycles. The van der Waals surface area contributed by atoms with Crippen molar-refractivity contribution in [1.29, 1.82) is 0 Å². The van der Waals surface area contributed by atoms with Gasteiger partial charge < -0.3 is 14.2 Å². The molecule has 24 heavy (non-hydrogen) atoms. The lowest BCUT2D eigenvalue weighted by molar-refractivity contribution is 0.322. The van der Waals surface area contributed by atoms with Gasteiger partial charge in [0.05, 0.1) is 21.3 Å². The van der Waals surface area contributed by atoms with E-state index in [1.165, 1.54) is 16.3 Å². The number of ether oxygens (including phenoxy) is 3. The summed E-state index contributed by atoms with van der Waals surface area (Å²) in [5.41, 5.74) is 2.28. The molecule has 3 heteroatoms. The largest absolute Gasteiger partial charge is 0.493 e. The van der Waals surface area contributed by atoms with Gasteiger partial charge in [0.15, 0.2) is 11.5 Å². The third-order valence-electron chi connectivity index (χ3n) is 4.19. The van der Waals surface area contributed by atoms with Crippen LogP contribution in [0.15, 0.2) is 48.5 Å². The van der Waals surface area contributed by atoms with Crippen LogP contribution < -0.4 is 14.2 Å². The molecular weight excluding hydrogens is 300 g/mol. The summed E-state index contributed by atoms with van der Waals surface area (Å²) in [5.74, 6) is 1.94. The molecule has 0 aromatic heterocycles. The highest BCUT2D eigenvalue weighted by atomic mass is 16.5. The molecule has 3 nitrogen and oxygen atoms in total. The predicted molar refractivity (Wildman–Crippen MR) is 96.3 cm³/mol. The van der Waals surface area contributed by atoms with Crippen LogP contribution in [0, 0.1) is 6.07 Å². The maximum absolute atomic E-state index is 5.53. The predicted octanol–water partition coefficient (Wildman–Crippen LogP) is 4.45. The second kappa shape index (κ2) is 7.26. The Morgan fingerprint density at radius 3 is 2.25 bits per heavy atom. The molecule has 123 valence electrons. The highest BCUT2D eigenvalue weighted by Gasteiger charge is 2.15. The molecule has 0 fully saturated rings. The van der Waals surface area contributed by atoms with Gasteiger partial charge in [0.25, 0.3) is 0 Å². The Kier molecular flexibility index (Phi) is 4.90. The normalized spacial score (nSPS) is 10.6. The summed E-state index contributed by atoms with van der Waals surface area (Å²) in [6.45, 7) is 0. The minimum atomic E-state index is 0.618. The quantitative estimate of drug-likeness (QED) is 0.671. The molecule has 0 atom stereocenters.